The molecule has 1 saturated carbocycles. The van der Waals surface area contributed by atoms with Gasteiger partial charge in [-0.1, -0.05) is 18.2 Å². The molecule has 1 aromatic rings. The van der Waals surface area contributed by atoms with Crippen molar-refractivity contribution in [1.29, 1.82) is 0 Å². The van der Waals surface area contributed by atoms with Crippen LogP contribution in [0.3, 0.4) is 0 Å². The summed E-state index contributed by atoms with van der Waals surface area (Å²) in [6, 6.07) is 7.33. The van der Waals surface area contributed by atoms with Gasteiger partial charge in [-0.05, 0) is 36.3 Å². The Hall–Kier alpha value is -1.31. The summed E-state index contributed by atoms with van der Waals surface area (Å²) in [6.07, 6.45) is 3.86. The normalized spacial score (nSPS) is 17.7. The number of benzene rings is 1. The topological polar surface area (TPSA) is 37.3 Å². The number of hydrogen-bond donors (Lipinski definition) is 1. The van der Waals surface area contributed by atoms with Crippen LogP contribution in [0.4, 0.5) is 0 Å². The van der Waals surface area contributed by atoms with Crippen molar-refractivity contribution < 1.29 is 9.90 Å². The Kier molecular flexibility index (Phi) is 2.53. The van der Waals surface area contributed by atoms with Crippen molar-refractivity contribution in [2.75, 3.05) is 0 Å². The highest BCUT2D eigenvalue weighted by atomic mass is 16.3. The molecule has 0 radical (unpaired) electrons. The predicted molar refractivity (Wildman–Crippen MR) is 54.3 cm³/mol. The summed E-state index contributed by atoms with van der Waals surface area (Å²) in [7, 11) is 0. The molecule has 0 aromatic heterocycles. The van der Waals surface area contributed by atoms with Gasteiger partial charge in [-0.3, -0.25) is 0 Å². The summed E-state index contributed by atoms with van der Waals surface area (Å²) < 4.78 is 0. The number of rotatable bonds is 4. The molecule has 0 amide bonds. The van der Waals surface area contributed by atoms with Crippen LogP contribution < -0.4 is 0 Å². The van der Waals surface area contributed by atoms with Crippen molar-refractivity contribution in [2.45, 2.75) is 25.2 Å². The van der Waals surface area contributed by atoms with Gasteiger partial charge in [-0.2, -0.15) is 0 Å². The smallest absolute Gasteiger partial charge is 0.120 e. The van der Waals surface area contributed by atoms with Gasteiger partial charge in [0.05, 0.1) is 0 Å². The zero-order valence-electron chi connectivity index (χ0n) is 8.02. The zero-order chi connectivity index (χ0) is 9.97. The molecule has 0 heterocycles. The van der Waals surface area contributed by atoms with E-state index in [9.17, 15) is 9.90 Å². The van der Waals surface area contributed by atoms with Crippen LogP contribution in [0.15, 0.2) is 24.3 Å². The summed E-state index contributed by atoms with van der Waals surface area (Å²) in [6.45, 7) is 0. The van der Waals surface area contributed by atoms with Gasteiger partial charge in [-0.25, -0.2) is 0 Å². The molecule has 1 unspecified atom stereocenters. The summed E-state index contributed by atoms with van der Waals surface area (Å²) in [4.78, 5) is 10.6. The third-order valence-electron chi connectivity index (χ3n) is 2.88. The van der Waals surface area contributed by atoms with Crippen molar-refractivity contribution in [1.82, 2.24) is 0 Å². The number of phenols is 1. The second kappa shape index (κ2) is 3.82. The van der Waals surface area contributed by atoms with Crippen LogP contribution in [0.25, 0.3) is 0 Å². The van der Waals surface area contributed by atoms with E-state index in [0.717, 1.165) is 11.8 Å². The first-order chi connectivity index (χ1) is 6.83. The Morgan fingerprint density at radius 3 is 2.71 bits per heavy atom. The fraction of sp³-hybridized carbons (Fsp3) is 0.417. The molecule has 1 atom stereocenters. The van der Waals surface area contributed by atoms with Gasteiger partial charge < -0.3 is 9.90 Å². The standard InChI is InChI=1S/C12H14O2/c13-8-7-10(9-5-6-9)11-3-1-2-4-12(11)14/h1-4,8-10,14H,5-7H2. The lowest BCUT2D eigenvalue weighted by Crippen LogP contribution is -2.02. The van der Waals surface area contributed by atoms with Crippen LogP contribution in [0.2, 0.25) is 0 Å². The van der Waals surface area contributed by atoms with Gasteiger partial charge in [0.1, 0.15) is 12.0 Å². The van der Waals surface area contributed by atoms with Crippen molar-refractivity contribution in [2.24, 2.45) is 5.92 Å². The first-order valence-electron chi connectivity index (χ1n) is 5.04. The summed E-state index contributed by atoms with van der Waals surface area (Å²) in [5.74, 6) is 1.16. The van der Waals surface area contributed by atoms with E-state index in [2.05, 4.69) is 0 Å². The number of phenolic OH excluding ortho intramolecular Hbond substituents is 1. The SMILES string of the molecule is O=CCC(c1ccccc1O)C1CC1. The van der Waals surface area contributed by atoms with Crippen LogP contribution >= 0.6 is 0 Å². The van der Waals surface area contributed by atoms with Crippen molar-refractivity contribution in [3.8, 4) is 5.75 Å². The third-order valence-corrected chi connectivity index (χ3v) is 2.88. The van der Waals surface area contributed by atoms with Gasteiger partial charge in [0.2, 0.25) is 0 Å². The Labute approximate surface area is 83.6 Å². The lowest BCUT2D eigenvalue weighted by Gasteiger charge is -2.14. The average Bonchev–Trinajstić information content (AvgIpc) is 2.99. The van der Waals surface area contributed by atoms with E-state index < -0.39 is 0 Å². The lowest BCUT2D eigenvalue weighted by atomic mass is 9.91. The molecule has 1 fully saturated rings. The summed E-state index contributed by atoms with van der Waals surface area (Å²) in [5.41, 5.74) is 0.933. The van der Waals surface area contributed by atoms with Gasteiger partial charge in [0, 0.05) is 6.42 Å². The van der Waals surface area contributed by atoms with E-state index in [4.69, 9.17) is 0 Å². The fourth-order valence-electron chi connectivity index (χ4n) is 1.98. The fourth-order valence-corrected chi connectivity index (χ4v) is 1.98. The maximum atomic E-state index is 10.6. The monoisotopic (exact) mass is 190 g/mol. The Balaban J connectivity index is 2.25. The zero-order valence-corrected chi connectivity index (χ0v) is 8.02. The summed E-state index contributed by atoms with van der Waals surface area (Å²) in [5, 5.41) is 9.67. The first-order valence-corrected chi connectivity index (χ1v) is 5.04. The number of aldehydes is 1. The molecule has 1 aliphatic rings. The van der Waals surface area contributed by atoms with Crippen LogP contribution in [0.1, 0.15) is 30.7 Å². The van der Waals surface area contributed by atoms with Crippen molar-refractivity contribution in [3.05, 3.63) is 29.8 Å². The largest absolute Gasteiger partial charge is 0.508 e. The van der Waals surface area contributed by atoms with E-state index in [1.165, 1.54) is 12.8 Å². The second-order valence-corrected chi connectivity index (χ2v) is 3.91. The highest BCUT2D eigenvalue weighted by Gasteiger charge is 2.33. The molecule has 0 bridgehead atoms. The maximum absolute atomic E-state index is 10.6. The molecule has 1 aliphatic carbocycles. The number of carbonyl (C=O) groups excluding carboxylic acids is 1. The van der Waals surface area contributed by atoms with Gasteiger partial charge in [0.15, 0.2) is 0 Å². The van der Waals surface area contributed by atoms with Crippen molar-refractivity contribution >= 4 is 6.29 Å². The minimum absolute atomic E-state index is 0.230. The number of aromatic hydroxyl groups is 1. The van der Waals surface area contributed by atoms with Gasteiger partial charge in [-0.15, -0.1) is 0 Å². The second-order valence-electron chi connectivity index (χ2n) is 3.91. The number of para-hydroxylation sites is 1. The minimum Gasteiger partial charge on any atom is -0.508 e. The molecular formula is C12H14O2. The molecule has 1 N–H and O–H groups in total. The Morgan fingerprint density at radius 1 is 1.43 bits per heavy atom. The molecule has 2 rings (SSSR count). The van der Waals surface area contributed by atoms with E-state index in [1.807, 2.05) is 18.2 Å². The molecule has 0 spiro atoms. The summed E-state index contributed by atoms with van der Waals surface area (Å²) >= 11 is 0. The first kappa shape index (κ1) is 9.25. The Morgan fingerprint density at radius 2 is 2.14 bits per heavy atom. The number of hydrogen-bond acceptors (Lipinski definition) is 2. The van der Waals surface area contributed by atoms with Crippen molar-refractivity contribution in [3.63, 3.8) is 0 Å². The maximum Gasteiger partial charge on any atom is 0.120 e. The lowest BCUT2D eigenvalue weighted by molar-refractivity contribution is -0.108. The van der Waals surface area contributed by atoms with Crippen LogP contribution in [-0.4, -0.2) is 11.4 Å². The predicted octanol–water partition coefficient (Wildman–Crippen LogP) is 2.47. The molecular weight excluding hydrogens is 176 g/mol. The van der Waals surface area contributed by atoms with E-state index in [-0.39, 0.29) is 5.92 Å². The molecule has 2 heteroatoms. The highest BCUT2D eigenvalue weighted by Crippen LogP contribution is 2.46. The quantitative estimate of drug-likeness (QED) is 0.740. The molecule has 0 saturated heterocycles. The minimum atomic E-state index is 0.230. The van der Waals surface area contributed by atoms with Crippen LogP contribution in [0.5, 0.6) is 5.75 Å². The van der Waals surface area contributed by atoms with Gasteiger partial charge in [0.25, 0.3) is 0 Å². The molecule has 0 aliphatic heterocycles. The van der Waals surface area contributed by atoms with Crippen LogP contribution in [0, 0.1) is 5.92 Å². The molecule has 2 nitrogen and oxygen atoms in total. The molecule has 74 valence electrons. The molecule has 1 aromatic carbocycles. The van der Waals surface area contributed by atoms with E-state index in [0.29, 0.717) is 18.1 Å². The van der Waals surface area contributed by atoms with E-state index >= 15 is 0 Å². The Bertz CT molecular complexity index is 329. The van der Waals surface area contributed by atoms with E-state index in [1.54, 1.807) is 6.07 Å². The third kappa shape index (κ3) is 1.79. The number of carbonyl (C=O) groups is 1. The highest BCUT2D eigenvalue weighted by molar-refractivity contribution is 5.53. The van der Waals surface area contributed by atoms with Gasteiger partial charge >= 0.3 is 0 Å². The molecule has 14 heavy (non-hydrogen) atoms. The van der Waals surface area contributed by atoms with Crippen LogP contribution in [-0.2, 0) is 4.79 Å². The average molecular weight is 190 g/mol.